The van der Waals surface area contributed by atoms with Gasteiger partial charge in [0.2, 0.25) is 11.8 Å². The Kier molecular flexibility index (Phi) is 11.4. The van der Waals surface area contributed by atoms with E-state index in [1.807, 2.05) is 78.9 Å². The highest BCUT2D eigenvalue weighted by molar-refractivity contribution is 9.10. The second kappa shape index (κ2) is 14.9. The minimum atomic E-state index is -1.49. The molecule has 3 aromatic rings. The molecule has 39 heavy (non-hydrogen) atoms. The van der Waals surface area contributed by atoms with Crippen molar-refractivity contribution in [3.05, 3.63) is 95.6 Å². The zero-order valence-corrected chi connectivity index (χ0v) is 23.7. The van der Waals surface area contributed by atoms with Crippen molar-refractivity contribution in [3.8, 4) is 11.5 Å². The normalized spacial score (nSPS) is 12.2. The maximum absolute atomic E-state index is 13.6. The number of ether oxygens (including phenoxy) is 2. The molecule has 3 N–H and O–H groups in total. The number of halogens is 1. The van der Waals surface area contributed by atoms with Crippen LogP contribution in [-0.2, 0) is 33.6 Å². The van der Waals surface area contributed by atoms with Crippen LogP contribution < -0.4 is 20.5 Å². The van der Waals surface area contributed by atoms with E-state index in [-0.39, 0.29) is 0 Å². The summed E-state index contributed by atoms with van der Waals surface area (Å²) >= 11 is 3.38. The average molecular weight is 597 g/mol. The predicted molar refractivity (Wildman–Crippen MR) is 154 cm³/mol. The lowest BCUT2D eigenvalue weighted by Crippen LogP contribution is -2.57. The number of hydrogen-bond acceptors (Lipinski definition) is 5. The van der Waals surface area contributed by atoms with Gasteiger partial charge in [0.1, 0.15) is 11.5 Å². The Morgan fingerprint density at radius 1 is 0.795 bits per heavy atom. The van der Waals surface area contributed by atoms with Gasteiger partial charge < -0.3 is 25.4 Å². The fourth-order valence-electron chi connectivity index (χ4n) is 4.03. The number of nitrogens with two attached hydrogens (primary N) is 1. The first-order chi connectivity index (χ1) is 18.8. The van der Waals surface area contributed by atoms with Gasteiger partial charge in [0, 0.05) is 13.1 Å². The Morgan fingerprint density at radius 3 is 1.72 bits per heavy atom. The Balaban J connectivity index is 1.73. The second-order valence-electron chi connectivity index (χ2n) is 9.02. The molecule has 2 atom stereocenters. The Hall–Kier alpha value is -3.85. The Bertz CT molecular complexity index is 1170. The molecule has 0 spiro atoms. The molecule has 0 saturated carbocycles. The molecule has 1 unspecified atom stereocenters. The van der Waals surface area contributed by atoms with E-state index in [4.69, 9.17) is 15.2 Å². The number of carbonyl (C=O) groups excluding carboxylic acids is 3. The highest BCUT2D eigenvalue weighted by Crippen LogP contribution is 2.15. The first kappa shape index (κ1) is 29.7. The van der Waals surface area contributed by atoms with Gasteiger partial charge >= 0.3 is 0 Å². The van der Waals surface area contributed by atoms with E-state index >= 15 is 0 Å². The number of nitrogens with zero attached hydrogens (tertiary/aromatic N) is 1. The molecular weight excluding hydrogens is 562 g/mol. The maximum Gasteiger partial charge on any atom is 0.254 e. The lowest BCUT2D eigenvalue weighted by molar-refractivity contribution is -0.141. The van der Waals surface area contributed by atoms with Crippen molar-refractivity contribution in [2.45, 2.75) is 30.1 Å². The Labute approximate surface area is 237 Å². The van der Waals surface area contributed by atoms with Crippen molar-refractivity contribution in [2.75, 3.05) is 27.3 Å². The molecule has 0 saturated heterocycles. The van der Waals surface area contributed by atoms with Crippen LogP contribution in [0.5, 0.6) is 11.5 Å². The highest BCUT2D eigenvalue weighted by Gasteiger charge is 2.32. The summed E-state index contributed by atoms with van der Waals surface area (Å²) in [7, 11) is 3.20. The molecule has 0 bridgehead atoms. The number of primary amides is 1. The van der Waals surface area contributed by atoms with Crippen LogP contribution in [0.1, 0.15) is 16.7 Å². The SMILES string of the molecule is COc1ccc(CCN(CCc2ccc(OC)cc2)C(=O)C(NC(=O)[C@H](Br)Cc2ccccc2)C(N)=O)cc1. The van der Waals surface area contributed by atoms with Crippen molar-refractivity contribution in [1.29, 1.82) is 0 Å². The zero-order valence-electron chi connectivity index (χ0n) is 22.1. The summed E-state index contributed by atoms with van der Waals surface area (Å²) in [6.07, 6.45) is 1.49. The number of rotatable bonds is 14. The minimum absolute atomic E-state index is 0.336. The number of amides is 3. The van der Waals surface area contributed by atoms with Crippen LogP contribution in [0.3, 0.4) is 0 Å². The van der Waals surface area contributed by atoms with E-state index in [9.17, 15) is 14.4 Å². The zero-order chi connectivity index (χ0) is 28.2. The first-order valence-electron chi connectivity index (χ1n) is 12.6. The summed E-state index contributed by atoms with van der Waals surface area (Å²) in [5.41, 5.74) is 8.55. The quantitative estimate of drug-likeness (QED) is 0.219. The molecule has 0 heterocycles. The van der Waals surface area contributed by atoms with Gasteiger partial charge in [-0.2, -0.15) is 0 Å². The van der Waals surface area contributed by atoms with Crippen LogP contribution in [0.15, 0.2) is 78.9 Å². The average Bonchev–Trinajstić information content (AvgIpc) is 2.96. The summed E-state index contributed by atoms with van der Waals surface area (Å²) in [4.78, 5) is 39.8. The van der Waals surface area contributed by atoms with Gasteiger partial charge in [-0.15, -0.1) is 0 Å². The maximum atomic E-state index is 13.6. The molecule has 0 radical (unpaired) electrons. The summed E-state index contributed by atoms with van der Waals surface area (Å²) < 4.78 is 10.4. The van der Waals surface area contributed by atoms with Gasteiger partial charge in [0.15, 0.2) is 6.04 Å². The number of carbonyl (C=O) groups is 3. The van der Waals surface area contributed by atoms with E-state index in [2.05, 4.69) is 21.2 Å². The molecule has 3 rings (SSSR count). The molecule has 8 nitrogen and oxygen atoms in total. The molecule has 3 aromatic carbocycles. The largest absolute Gasteiger partial charge is 0.497 e. The van der Waals surface area contributed by atoms with Crippen molar-refractivity contribution in [1.82, 2.24) is 10.2 Å². The topological polar surface area (TPSA) is 111 Å². The van der Waals surface area contributed by atoms with Crippen molar-refractivity contribution >= 4 is 33.7 Å². The van der Waals surface area contributed by atoms with Gasteiger partial charge in [-0.25, -0.2) is 0 Å². The summed E-state index contributed by atoms with van der Waals surface area (Å²) in [5, 5.41) is 2.56. The van der Waals surface area contributed by atoms with Crippen molar-refractivity contribution in [3.63, 3.8) is 0 Å². The third-order valence-electron chi connectivity index (χ3n) is 6.33. The fourth-order valence-corrected chi connectivity index (χ4v) is 4.53. The number of benzene rings is 3. The first-order valence-corrected chi connectivity index (χ1v) is 13.5. The van der Waals surface area contributed by atoms with E-state index in [0.29, 0.717) is 32.4 Å². The van der Waals surface area contributed by atoms with Crippen LogP contribution in [-0.4, -0.2) is 60.8 Å². The molecule has 0 aromatic heterocycles. The lowest BCUT2D eigenvalue weighted by Gasteiger charge is -2.27. The molecule has 0 aliphatic heterocycles. The number of methoxy groups -OCH3 is 2. The van der Waals surface area contributed by atoms with E-state index < -0.39 is 28.6 Å². The fraction of sp³-hybridized carbons (Fsp3) is 0.300. The minimum Gasteiger partial charge on any atom is -0.497 e. The third-order valence-corrected chi connectivity index (χ3v) is 7.07. The highest BCUT2D eigenvalue weighted by atomic mass is 79.9. The van der Waals surface area contributed by atoms with Crippen LogP contribution in [0, 0.1) is 0 Å². The molecular formula is C30H34BrN3O5. The third kappa shape index (κ3) is 9.14. The standard InChI is InChI=1S/C30H34BrN3O5/c1-38-24-12-8-21(9-13-24)16-18-34(19-17-22-10-14-25(39-2)15-11-22)30(37)27(28(32)35)33-29(36)26(31)20-23-6-4-3-5-7-23/h3-15,26-27H,16-20H2,1-2H3,(H2,32,35)(H,33,36)/t26-,27?/m1/s1. The van der Waals surface area contributed by atoms with Crippen LogP contribution in [0.2, 0.25) is 0 Å². The van der Waals surface area contributed by atoms with Crippen LogP contribution in [0.25, 0.3) is 0 Å². The van der Waals surface area contributed by atoms with Gasteiger partial charge in [-0.05, 0) is 60.2 Å². The Morgan fingerprint density at radius 2 is 1.28 bits per heavy atom. The molecule has 0 aliphatic carbocycles. The summed E-state index contributed by atoms with van der Waals surface area (Å²) in [5.74, 6) is -0.463. The van der Waals surface area contributed by atoms with E-state index in [1.54, 1.807) is 19.1 Å². The summed E-state index contributed by atoms with van der Waals surface area (Å²) in [6.45, 7) is 0.672. The monoisotopic (exact) mass is 595 g/mol. The van der Waals surface area contributed by atoms with Crippen LogP contribution >= 0.6 is 15.9 Å². The summed E-state index contributed by atoms with van der Waals surface area (Å²) in [6, 6.07) is 23.1. The van der Waals surface area contributed by atoms with E-state index in [0.717, 1.165) is 28.2 Å². The molecule has 206 valence electrons. The number of alkyl halides is 1. The lowest BCUT2D eigenvalue weighted by atomic mass is 10.1. The molecule has 0 aliphatic rings. The molecule has 0 fully saturated rings. The molecule has 3 amide bonds. The predicted octanol–water partition coefficient (Wildman–Crippen LogP) is 3.29. The number of nitrogens with one attached hydrogen (secondary N) is 1. The van der Waals surface area contributed by atoms with E-state index in [1.165, 1.54) is 0 Å². The van der Waals surface area contributed by atoms with Gasteiger partial charge in [-0.1, -0.05) is 70.5 Å². The van der Waals surface area contributed by atoms with Crippen molar-refractivity contribution < 1.29 is 23.9 Å². The van der Waals surface area contributed by atoms with Crippen molar-refractivity contribution in [2.24, 2.45) is 5.73 Å². The molecule has 9 heteroatoms. The smallest absolute Gasteiger partial charge is 0.254 e. The van der Waals surface area contributed by atoms with Crippen LogP contribution in [0.4, 0.5) is 0 Å². The second-order valence-corrected chi connectivity index (χ2v) is 10.1. The van der Waals surface area contributed by atoms with Gasteiger partial charge in [0.05, 0.1) is 19.0 Å². The van der Waals surface area contributed by atoms with Gasteiger partial charge in [0.25, 0.3) is 5.91 Å². The number of hydrogen-bond donors (Lipinski definition) is 2. The van der Waals surface area contributed by atoms with Gasteiger partial charge in [-0.3, -0.25) is 14.4 Å².